The first-order valence-corrected chi connectivity index (χ1v) is 15.3. The Hall–Kier alpha value is -3.55. The van der Waals surface area contributed by atoms with Crippen molar-refractivity contribution in [3.8, 4) is 5.75 Å². The van der Waals surface area contributed by atoms with Crippen LogP contribution in [0, 0.1) is 19.8 Å². The summed E-state index contributed by atoms with van der Waals surface area (Å²) in [6, 6.07) is 10.7. The highest BCUT2D eigenvalue weighted by atomic mass is 16.6. The van der Waals surface area contributed by atoms with E-state index in [0.717, 1.165) is 54.4 Å². The molecule has 42 heavy (non-hydrogen) atoms. The number of aromatic hydroxyl groups is 1. The van der Waals surface area contributed by atoms with Gasteiger partial charge in [0.15, 0.2) is 0 Å². The van der Waals surface area contributed by atoms with Crippen molar-refractivity contribution in [1.82, 2.24) is 15.5 Å². The molecule has 228 valence electrons. The van der Waals surface area contributed by atoms with Gasteiger partial charge in [-0.25, -0.2) is 4.79 Å². The van der Waals surface area contributed by atoms with Crippen LogP contribution < -0.4 is 10.6 Å². The van der Waals surface area contributed by atoms with E-state index in [1.165, 1.54) is 6.42 Å². The monoisotopic (exact) mass is 577 g/mol. The molecule has 2 saturated carbocycles. The Kier molecular flexibility index (Phi) is 9.85. The van der Waals surface area contributed by atoms with Crippen molar-refractivity contribution >= 4 is 17.9 Å². The molecule has 0 heterocycles. The SMILES string of the molecule is Cc1ccc(C(C(=O)NC2CCCCC2)N(C(=O)C(Cc2ccc(O)cc2)NC(=O)OC(C)(C)C)C2CC2C)c(C)c1. The Morgan fingerprint density at radius 2 is 1.67 bits per heavy atom. The number of hydrogen-bond donors (Lipinski definition) is 3. The molecule has 2 aliphatic carbocycles. The van der Waals surface area contributed by atoms with E-state index in [-0.39, 0.29) is 42.0 Å². The number of rotatable bonds is 9. The number of ether oxygens (including phenoxy) is 1. The summed E-state index contributed by atoms with van der Waals surface area (Å²) in [4.78, 5) is 43.6. The lowest BCUT2D eigenvalue weighted by Gasteiger charge is -2.37. The average Bonchev–Trinajstić information content (AvgIpc) is 3.63. The van der Waals surface area contributed by atoms with Crippen LogP contribution in [0.3, 0.4) is 0 Å². The molecule has 0 radical (unpaired) electrons. The zero-order valence-corrected chi connectivity index (χ0v) is 25.9. The molecule has 4 rings (SSSR count). The number of benzene rings is 2. The number of carbonyl (C=O) groups is 3. The van der Waals surface area contributed by atoms with Gasteiger partial charge in [-0.2, -0.15) is 0 Å². The summed E-state index contributed by atoms with van der Waals surface area (Å²) < 4.78 is 5.54. The minimum atomic E-state index is -0.979. The quantitative estimate of drug-likeness (QED) is 0.345. The zero-order valence-electron chi connectivity index (χ0n) is 25.9. The number of phenols is 1. The molecule has 0 aromatic heterocycles. The van der Waals surface area contributed by atoms with Gasteiger partial charge >= 0.3 is 6.09 Å². The van der Waals surface area contributed by atoms with Crippen LogP contribution in [0.1, 0.15) is 94.5 Å². The minimum absolute atomic E-state index is 0.0840. The van der Waals surface area contributed by atoms with Crippen molar-refractivity contribution in [2.24, 2.45) is 5.92 Å². The van der Waals surface area contributed by atoms with Gasteiger partial charge in [0, 0.05) is 18.5 Å². The molecular formula is C34H47N3O5. The molecule has 2 aromatic rings. The van der Waals surface area contributed by atoms with Crippen LogP contribution >= 0.6 is 0 Å². The number of aryl methyl sites for hydroxylation is 2. The first-order valence-electron chi connectivity index (χ1n) is 15.3. The van der Waals surface area contributed by atoms with Gasteiger partial charge in [0.1, 0.15) is 23.4 Å². The van der Waals surface area contributed by atoms with Crippen LogP contribution in [0.15, 0.2) is 42.5 Å². The Balaban J connectivity index is 1.73. The molecule has 4 unspecified atom stereocenters. The van der Waals surface area contributed by atoms with E-state index in [4.69, 9.17) is 4.74 Å². The Labute approximate surface area is 250 Å². The second-order valence-corrected chi connectivity index (χ2v) is 13.2. The molecule has 0 spiro atoms. The summed E-state index contributed by atoms with van der Waals surface area (Å²) in [6.07, 6.45) is 5.46. The van der Waals surface area contributed by atoms with Crippen molar-refractivity contribution in [2.45, 2.75) is 116 Å². The number of nitrogens with one attached hydrogen (secondary N) is 2. The van der Waals surface area contributed by atoms with Gasteiger partial charge in [-0.15, -0.1) is 0 Å². The number of nitrogens with zero attached hydrogens (tertiary/aromatic N) is 1. The second-order valence-electron chi connectivity index (χ2n) is 13.2. The number of amides is 3. The van der Waals surface area contributed by atoms with Crippen LogP contribution in [-0.4, -0.2) is 51.6 Å². The maximum absolute atomic E-state index is 14.7. The molecule has 4 atom stereocenters. The topological polar surface area (TPSA) is 108 Å². The fourth-order valence-electron chi connectivity index (χ4n) is 5.95. The fraction of sp³-hybridized carbons (Fsp3) is 0.559. The maximum Gasteiger partial charge on any atom is 0.408 e. The molecular weight excluding hydrogens is 530 g/mol. The van der Waals surface area contributed by atoms with Gasteiger partial charge in [0.25, 0.3) is 0 Å². The lowest BCUT2D eigenvalue weighted by atomic mass is 9.93. The predicted octanol–water partition coefficient (Wildman–Crippen LogP) is 5.87. The van der Waals surface area contributed by atoms with Crippen molar-refractivity contribution in [3.63, 3.8) is 0 Å². The van der Waals surface area contributed by atoms with Crippen molar-refractivity contribution in [3.05, 3.63) is 64.7 Å². The molecule has 3 amide bonds. The standard InChI is InChI=1S/C34H47N3O5/c1-21-12-17-27(22(2)18-21)30(31(39)35-25-10-8-7-9-11-25)37(29-19-23(29)3)32(40)28(36-33(41)42-34(4,5)6)20-24-13-15-26(38)16-14-24/h12-18,23,25,28-30,38H,7-11,19-20H2,1-6H3,(H,35,39)(H,36,41). The zero-order chi connectivity index (χ0) is 30.6. The molecule has 3 N–H and O–H groups in total. The predicted molar refractivity (Wildman–Crippen MR) is 163 cm³/mol. The fourth-order valence-corrected chi connectivity index (χ4v) is 5.95. The summed E-state index contributed by atoms with van der Waals surface area (Å²) in [6.45, 7) is 11.4. The summed E-state index contributed by atoms with van der Waals surface area (Å²) in [5.74, 6) is -0.168. The van der Waals surface area contributed by atoms with E-state index in [9.17, 15) is 19.5 Å². The van der Waals surface area contributed by atoms with E-state index in [2.05, 4.69) is 17.6 Å². The van der Waals surface area contributed by atoms with Crippen LogP contribution in [0.4, 0.5) is 4.79 Å². The molecule has 0 aliphatic heterocycles. The summed E-state index contributed by atoms with van der Waals surface area (Å²) in [7, 11) is 0. The average molecular weight is 578 g/mol. The minimum Gasteiger partial charge on any atom is -0.508 e. The highest BCUT2D eigenvalue weighted by Crippen LogP contribution is 2.41. The molecule has 8 nitrogen and oxygen atoms in total. The summed E-state index contributed by atoms with van der Waals surface area (Å²) >= 11 is 0. The smallest absolute Gasteiger partial charge is 0.408 e. The molecule has 2 fully saturated rings. The number of alkyl carbamates (subject to hydrolysis) is 1. The van der Waals surface area contributed by atoms with Crippen molar-refractivity contribution in [2.75, 3.05) is 0 Å². The molecule has 8 heteroatoms. The first kappa shape index (κ1) is 31.4. The van der Waals surface area contributed by atoms with Crippen LogP contribution in [0.5, 0.6) is 5.75 Å². The lowest BCUT2D eigenvalue weighted by molar-refractivity contribution is -0.143. The highest BCUT2D eigenvalue weighted by molar-refractivity contribution is 5.93. The van der Waals surface area contributed by atoms with E-state index in [0.29, 0.717) is 0 Å². The molecule has 0 saturated heterocycles. The lowest BCUT2D eigenvalue weighted by Crippen LogP contribution is -2.55. The van der Waals surface area contributed by atoms with Gasteiger partial charge in [-0.1, -0.05) is 62.1 Å². The van der Waals surface area contributed by atoms with E-state index in [1.54, 1.807) is 49.9 Å². The summed E-state index contributed by atoms with van der Waals surface area (Å²) in [5.41, 5.74) is 2.84. The van der Waals surface area contributed by atoms with Gasteiger partial charge in [0.05, 0.1) is 0 Å². The Morgan fingerprint density at radius 3 is 2.24 bits per heavy atom. The number of hydrogen-bond acceptors (Lipinski definition) is 5. The number of carbonyl (C=O) groups excluding carboxylic acids is 3. The van der Waals surface area contributed by atoms with Gasteiger partial charge in [-0.05, 0) is 88.6 Å². The van der Waals surface area contributed by atoms with Crippen molar-refractivity contribution < 1.29 is 24.2 Å². The first-order chi connectivity index (χ1) is 19.8. The van der Waals surface area contributed by atoms with E-state index < -0.39 is 23.8 Å². The van der Waals surface area contributed by atoms with Gasteiger partial charge in [0.2, 0.25) is 11.8 Å². The largest absolute Gasteiger partial charge is 0.508 e. The Bertz CT molecular complexity index is 1260. The highest BCUT2D eigenvalue weighted by Gasteiger charge is 2.48. The Morgan fingerprint density at radius 1 is 1.02 bits per heavy atom. The van der Waals surface area contributed by atoms with Crippen LogP contribution in [0.2, 0.25) is 0 Å². The van der Waals surface area contributed by atoms with Gasteiger partial charge < -0.3 is 25.4 Å². The maximum atomic E-state index is 14.7. The van der Waals surface area contributed by atoms with Crippen LogP contribution in [-0.2, 0) is 20.7 Å². The summed E-state index contributed by atoms with van der Waals surface area (Å²) in [5, 5.41) is 15.9. The molecule has 2 aliphatic rings. The normalized spacial score (nSPS) is 20.2. The molecule has 2 aromatic carbocycles. The van der Waals surface area contributed by atoms with Crippen molar-refractivity contribution in [1.29, 1.82) is 0 Å². The van der Waals surface area contributed by atoms with E-state index in [1.807, 2.05) is 32.0 Å². The third kappa shape index (κ3) is 8.26. The van der Waals surface area contributed by atoms with E-state index >= 15 is 0 Å². The second kappa shape index (κ2) is 13.2. The number of phenolic OH excluding ortho intramolecular Hbond substituents is 1. The third-order valence-corrected chi connectivity index (χ3v) is 8.24. The molecule has 0 bridgehead atoms. The van der Waals surface area contributed by atoms with Gasteiger partial charge in [-0.3, -0.25) is 9.59 Å². The van der Waals surface area contributed by atoms with Crippen LogP contribution in [0.25, 0.3) is 0 Å². The third-order valence-electron chi connectivity index (χ3n) is 8.24.